The number of nitrogens with zero attached hydrogens (tertiary/aromatic N) is 7. The van der Waals surface area contributed by atoms with Crippen molar-refractivity contribution >= 4 is 0 Å². The van der Waals surface area contributed by atoms with Crippen LogP contribution in [0.25, 0.3) is 11.4 Å². The standard InChI is InChI=1S/C21H21F2N9O/c1-14(21(33,10-31-13-26-12-27-31)17-3-2-16(22)6-18(17)23)30-4-5-32-19(9-30)28-20(29-32)15-7-24-11-25-8-15/h2-3,6-8,11-14,33H,4-5,9-10H2,1H3/p+2/t14-,21-/m1/s1. The van der Waals surface area contributed by atoms with E-state index in [0.29, 0.717) is 25.5 Å². The van der Waals surface area contributed by atoms with E-state index in [1.165, 1.54) is 25.0 Å². The fraction of sp³-hybridized carbons (Fsp3) is 0.333. The second kappa shape index (κ2) is 8.37. The molecule has 0 saturated heterocycles. The Kier molecular flexibility index (Phi) is 5.38. The van der Waals surface area contributed by atoms with Crippen LogP contribution in [0, 0.1) is 11.6 Å². The van der Waals surface area contributed by atoms with Crippen LogP contribution in [-0.2, 0) is 25.2 Å². The van der Waals surface area contributed by atoms with Crippen LogP contribution in [0.15, 0.2) is 49.6 Å². The number of aromatic nitrogens is 8. The number of aromatic amines is 2. The predicted molar refractivity (Wildman–Crippen MR) is 109 cm³/mol. The molecule has 3 N–H and O–H groups in total. The maximum atomic E-state index is 14.8. The zero-order valence-corrected chi connectivity index (χ0v) is 17.9. The molecule has 12 heteroatoms. The molecule has 4 aromatic rings. The summed E-state index contributed by atoms with van der Waals surface area (Å²) in [5, 5.41) is 18.0. The number of hydrogen-bond donors (Lipinski definition) is 3. The van der Waals surface area contributed by atoms with Crippen molar-refractivity contribution in [2.24, 2.45) is 0 Å². The summed E-state index contributed by atoms with van der Waals surface area (Å²) in [6, 6.07) is 2.70. The van der Waals surface area contributed by atoms with Gasteiger partial charge in [-0.15, -0.1) is 0 Å². The molecule has 0 aliphatic carbocycles. The summed E-state index contributed by atoms with van der Waals surface area (Å²) < 4.78 is 31.9. The molecule has 4 heterocycles. The van der Waals surface area contributed by atoms with Crippen LogP contribution in [0.5, 0.6) is 0 Å². The highest BCUT2D eigenvalue weighted by molar-refractivity contribution is 5.50. The molecule has 0 fully saturated rings. The maximum Gasteiger partial charge on any atom is 0.333 e. The molecule has 1 aliphatic rings. The average molecular weight is 455 g/mol. The van der Waals surface area contributed by atoms with Gasteiger partial charge in [0.25, 0.3) is 5.82 Å². The molecule has 1 aromatic carbocycles. The first kappa shape index (κ1) is 21.2. The first-order valence-corrected chi connectivity index (χ1v) is 10.5. The molecule has 0 amide bonds. The second-order valence-electron chi connectivity index (χ2n) is 8.11. The minimum absolute atomic E-state index is 0.000386. The van der Waals surface area contributed by atoms with Gasteiger partial charge in [0.1, 0.15) is 43.2 Å². The fourth-order valence-electron chi connectivity index (χ4n) is 4.27. The van der Waals surface area contributed by atoms with E-state index in [-0.39, 0.29) is 12.1 Å². The van der Waals surface area contributed by atoms with Gasteiger partial charge in [-0.1, -0.05) is 6.07 Å². The van der Waals surface area contributed by atoms with E-state index in [1.54, 1.807) is 17.1 Å². The SMILES string of the molecule is C[C@@H](N1CC[n+]2[nH]c(-c3cncnc3)nc2C1)[C@](O)(C[n+]1cnc[nH]1)c1ccc(F)cc1F. The Labute approximate surface area is 187 Å². The third-order valence-corrected chi connectivity index (χ3v) is 6.13. The van der Waals surface area contributed by atoms with Gasteiger partial charge in [-0.05, 0) is 23.0 Å². The van der Waals surface area contributed by atoms with Crippen molar-refractivity contribution in [3.05, 3.63) is 72.6 Å². The zero-order chi connectivity index (χ0) is 23.0. The Morgan fingerprint density at radius 2 is 2.06 bits per heavy atom. The smallest absolute Gasteiger partial charge is 0.333 e. The number of H-pyrrole nitrogens is 2. The molecule has 0 radical (unpaired) electrons. The van der Waals surface area contributed by atoms with Crippen LogP contribution >= 0.6 is 0 Å². The Balaban J connectivity index is 1.46. The molecule has 0 saturated carbocycles. The van der Waals surface area contributed by atoms with Gasteiger partial charge >= 0.3 is 12.2 Å². The monoisotopic (exact) mass is 455 g/mol. The molecule has 2 atom stereocenters. The van der Waals surface area contributed by atoms with Gasteiger partial charge in [0.05, 0.1) is 5.56 Å². The summed E-state index contributed by atoms with van der Waals surface area (Å²) in [7, 11) is 0. The number of halogens is 2. The van der Waals surface area contributed by atoms with Crippen molar-refractivity contribution in [3.8, 4) is 11.4 Å². The van der Waals surface area contributed by atoms with Gasteiger partial charge in [0.15, 0.2) is 0 Å². The highest BCUT2D eigenvalue weighted by atomic mass is 19.1. The molecule has 33 heavy (non-hydrogen) atoms. The molecular formula is C21H23F2N9O+2. The number of nitrogens with one attached hydrogen (secondary N) is 2. The van der Waals surface area contributed by atoms with Gasteiger partial charge in [-0.25, -0.2) is 18.7 Å². The maximum absolute atomic E-state index is 14.8. The van der Waals surface area contributed by atoms with Crippen molar-refractivity contribution in [3.63, 3.8) is 0 Å². The van der Waals surface area contributed by atoms with Crippen LogP contribution in [0.4, 0.5) is 8.78 Å². The molecule has 5 rings (SSSR count). The lowest BCUT2D eigenvalue weighted by atomic mass is 9.85. The summed E-state index contributed by atoms with van der Waals surface area (Å²) in [4.78, 5) is 18.7. The fourth-order valence-corrected chi connectivity index (χ4v) is 4.27. The van der Waals surface area contributed by atoms with Crippen molar-refractivity contribution in [1.82, 2.24) is 35.0 Å². The van der Waals surface area contributed by atoms with Crippen LogP contribution in [-0.4, -0.2) is 52.7 Å². The van der Waals surface area contributed by atoms with E-state index < -0.39 is 23.3 Å². The van der Waals surface area contributed by atoms with Crippen LogP contribution in [0.3, 0.4) is 0 Å². The molecular weight excluding hydrogens is 432 g/mol. The lowest BCUT2D eigenvalue weighted by Gasteiger charge is -2.40. The second-order valence-corrected chi connectivity index (χ2v) is 8.11. The summed E-state index contributed by atoms with van der Waals surface area (Å²) in [5.41, 5.74) is -0.899. The van der Waals surface area contributed by atoms with Gasteiger partial charge < -0.3 is 5.11 Å². The Morgan fingerprint density at radius 3 is 2.79 bits per heavy atom. The molecule has 1 aliphatic heterocycles. The van der Waals surface area contributed by atoms with Crippen molar-refractivity contribution < 1.29 is 23.3 Å². The first-order valence-electron chi connectivity index (χ1n) is 10.5. The topological polar surface area (TPSA) is 114 Å². The Bertz CT molecular complexity index is 1250. The highest BCUT2D eigenvalue weighted by Gasteiger charge is 2.45. The van der Waals surface area contributed by atoms with Crippen molar-refractivity contribution in [2.75, 3.05) is 6.54 Å². The summed E-state index contributed by atoms with van der Waals surface area (Å²) >= 11 is 0. The van der Waals surface area contributed by atoms with Gasteiger partial charge in [-0.2, -0.15) is 19.6 Å². The van der Waals surface area contributed by atoms with Gasteiger partial charge in [0.2, 0.25) is 6.33 Å². The molecule has 0 spiro atoms. The Hall–Kier alpha value is -3.64. The minimum atomic E-state index is -1.68. The largest absolute Gasteiger partial charge is 0.379 e. The molecule has 10 nitrogen and oxygen atoms in total. The summed E-state index contributed by atoms with van der Waals surface area (Å²) in [5.74, 6) is -0.0906. The lowest BCUT2D eigenvalue weighted by molar-refractivity contribution is -0.768. The lowest BCUT2D eigenvalue weighted by Crippen LogP contribution is -2.61. The average Bonchev–Trinajstić information content (AvgIpc) is 3.48. The van der Waals surface area contributed by atoms with Crippen LogP contribution < -0.4 is 9.36 Å². The molecule has 3 aromatic heterocycles. The summed E-state index contributed by atoms with van der Waals surface area (Å²) in [6.07, 6.45) is 7.78. The number of fused-ring (bicyclic) bond motifs is 1. The van der Waals surface area contributed by atoms with Crippen LogP contribution in [0.2, 0.25) is 0 Å². The van der Waals surface area contributed by atoms with E-state index in [2.05, 4.69) is 30.1 Å². The quantitative estimate of drug-likeness (QED) is 0.359. The third kappa shape index (κ3) is 3.98. The van der Waals surface area contributed by atoms with Gasteiger partial charge in [-0.3, -0.25) is 4.90 Å². The van der Waals surface area contributed by atoms with Gasteiger partial charge in [0, 0.05) is 36.6 Å². The first-order chi connectivity index (χ1) is 15.9. The summed E-state index contributed by atoms with van der Waals surface area (Å²) in [6.45, 7) is 3.43. The van der Waals surface area contributed by atoms with Crippen molar-refractivity contribution in [1.29, 1.82) is 0 Å². The van der Waals surface area contributed by atoms with Crippen LogP contribution in [0.1, 0.15) is 18.3 Å². The van der Waals surface area contributed by atoms with E-state index >= 15 is 0 Å². The number of benzene rings is 1. The highest BCUT2D eigenvalue weighted by Crippen LogP contribution is 2.32. The minimum Gasteiger partial charge on any atom is -0.379 e. The van der Waals surface area contributed by atoms with E-state index in [1.807, 2.05) is 16.5 Å². The molecule has 0 bridgehead atoms. The van der Waals surface area contributed by atoms with E-state index in [0.717, 1.165) is 23.5 Å². The third-order valence-electron chi connectivity index (χ3n) is 6.13. The van der Waals surface area contributed by atoms with E-state index in [9.17, 15) is 13.9 Å². The predicted octanol–water partition coefficient (Wildman–Crippen LogP) is 0.235. The number of hydrogen-bond acceptors (Lipinski definition) is 6. The molecule has 170 valence electrons. The zero-order valence-electron chi connectivity index (χ0n) is 17.9. The molecule has 0 unspecified atom stereocenters. The number of aliphatic hydroxyl groups is 1. The van der Waals surface area contributed by atoms with Crippen molar-refractivity contribution in [2.45, 2.75) is 38.2 Å². The Morgan fingerprint density at radius 1 is 1.24 bits per heavy atom. The van der Waals surface area contributed by atoms with E-state index in [4.69, 9.17) is 0 Å². The number of rotatable bonds is 6. The normalized spacial score (nSPS) is 16.8.